The third-order valence-electron chi connectivity index (χ3n) is 1.80. The Bertz CT molecular complexity index is 446. The molecule has 0 N–H and O–H groups in total. The van der Waals surface area contributed by atoms with Gasteiger partial charge in [0.1, 0.15) is 6.07 Å². The predicted molar refractivity (Wildman–Crippen MR) is 51.6 cm³/mol. The molecule has 0 unspecified atom stereocenters. The van der Waals surface area contributed by atoms with Crippen molar-refractivity contribution in [3.05, 3.63) is 33.8 Å². The largest absolute Gasteiger partial charge is 0.298 e. The highest BCUT2D eigenvalue weighted by atomic mass is 35.5. The standard InChI is InChI=1S/C10H6ClNO2/c1-6(14)7-2-3-10(11)9(5-13)8(7)4-12/h2-3,5H,1H3. The molecular weight excluding hydrogens is 202 g/mol. The second-order valence-corrected chi connectivity index (χ2v) is 3.08. The van der Waals surface area contributed by atoms with Crippen LogP contribution in [-0.4, -0.2) is 12.1 Å². The maximum absolute atomic E-state index is 11.1. The third kappa shape index (κ3) is 1.66. The molecule has 0 aliphatic rings. The van der Waals surface area contributed by atoms with Crippen molar-refractivity contribution in [2.75, 3.05) is 0 Å². The molecular formula is C10H6ClNO2. The number of carbonyl (C=O) groups is 2. The lowest BCUT2D eigenvalue weighted by atomic mass is 10.0. The van der Waals surface area contributed by atoms with E-state index in [1.165, 1.54) is 19.1 Å². The zero-order valence-corrected chi connectivity index (χ0v) is 8.13. The summed E-state index contributed by atoms with van der Waals surface area (Å²) in [5.41, 5.74) is 0.334. The summed E-state index contributed by atoms with van der Waals surface area (Å²) in [5.74, 6) is -0.263. The molecule has 0 spiro atoms. The van der Waals surface area contributed by atoms with Crippen LogP contribution in [0.5, 0.6) is 0 Å². The topological polar surface area (TPSA) is 57.9 Å². The first-order valence-electron chi connectivity index (χ1n) is 3.80. The van der Waals surface area contributed by atoms with Crippen LogP contribution in [0.3, 0.4) is 0 Å². The van der Waals surface area contributed by atoms with Crippen LogP contribution in [-0.2, 0) is 0 Å². The zero-order chi connectivity index (χ0) is 10.7. The van der Waals surface area contributed by atoms with E-state index in [-0.39, 0.29) is 27.5 Å². The van der Waals surface area contributed by atoms with E-state index in [1.54, 1.807) is 6.07 Å². The predicted octanol–water partition coefficient (Wildman–Crippen LogP) is 2.23. The molecule has 0 atom stereocenters. The SMILES string of the molecule is CC(=O)c1ccc(Cl)c(C=O)c1C#N. The fourth-order valence-electron chi connectivity index (χ4n) is 1.12. The Balaban J connectivity index is 3.58. The average Bonchev–Trinajstić information content (AvgIpc) is 2.16. The Hall–Kier alpha value is -1.66. The molecule has 0 aromatic heterocycles. The summed E-state index contributed by atoms with van der Waals surface area (Å²) in [6.07, 6.45) is 0.479. The molecule has 0 amide bonds. The normalized spacial score (nSPS) is 9.21. The van der Waals surface area contributed by atoms with E-state index in [0.29, 0.717) is 6.29 Å². The van der Waals surface area contributed by atoms with Crippen LogP contribution in [0.4, 0.5) is 0 Å². The highest BCUT2D eigenvalue weighted by Gasteiger charge is 2.13. The molecule has 0 bridgehead atoms. The maximum atomic E-state index is 11.1. The fourth-order valence-corrected chi connectivity index (χ4v) is 1.33. The minimum Gasteiger partial charge on any atom is -0.298 e. The Labute approximate surface area is 85.9 Å². The first-order chi connectivity index (χ1) is 6.61. The van der Waals surface area contributed by atoms with Crippen LogP contribution < -0.4 is 0 Å². The van der Waals surface area contributed by atoms with Crippen LogP contribution in [0.2, 0.25) is 5.02 Å². The number of hydrogen-bond acceptors (Lipinski definition) is 3. The molecule has 1 aromatic rings. The lowest BCUT2D eigenvalue weighted by Crippen LogP contribution is -2.01. The number of benzene rings is 1. The molecule has 1 aromatic carbocycles. The van der Waals surface area contributed by atoms with Crippen molar-refractivity contribution in [2.45, 2.75) is 6.92 Å². The Morgan fingerprint density at radius 2 is 2.21 bits per heavy atom. The average molecular weight is 208 g/mol. The summed E-state index contributed by atoms with van der Waals surface area (Å²) in [7, 11) is 0. The minimum atomic E-state index is -0.263. The zero-order valence-electron chi connectivity index (χ0n) is 7.37. The van der Waals surface area contributed by atoms with E-state index in [4.69, 9.17) is 16.9 Å². The monoisotopic (exact) mass is 207 g/mol. The highest BCUT2D eigenvalue weighted by Crippen LogP contribution is 2.21. The van der Waals surface area contributed by atoms with Gasteiger partial charge in [-0.05, 0) is 19.1 Å². The minimum absolute atomic E-state index is 0.0417. The van der Waals surface area contributed by atoms with E-state index < -0.39 is 0 Å². The van der Waals surface area contributed by atoms with E-state index in [2.05, 4.69) is 0 Å². The van der Waals surface area contributed by atoms with Gasteiger partial charge in [0.15, 0.2) is 12.1 Å². The first kappa shape index (κ1) is 10.4. The van der Waals surface area contributed by atoms with Crippen molar-refractivity contribution in [1.82, 2.24) is 0 Å². The van der Waals surface area contributed by atoms with E-state index in [1.807, 2.05) is 0 Å². The molecule has 0 radical (unpaired) electrons. The quantitative estimate of drug-likeness (QED) is 0.552. The van der Waals surface area contributed by atoms with E-state index in [9.17, 15) is 9.59 Å². The lowest BCUT2D eigenvalue weighted by molar-refractivity contribution is 0.101. The van der Waals surface area contributed by atoms with Gasteiger partial charge in [-0.1, -0.05) is 11.6 Å². The van der Waals surface area contributed by atoms with Crippen LogP contribution >= 0.6 is 11.6 Å². The molecule has 70 valence electrons. The van der Waals surface area contributed by atoms with Gasteiger partial charge in [0, 0.05) is 5.56 Å². The third-order valence-corrected chi connectivity index (χ3v) is 2.13. The highest BCUT2D eigenvalue weighted by molar-refractivity contribution is 6.33. The van der Waals surface area contributed by atoms with Gasteiger partial charge in [-0.2, -0.15) is 5.26 Å². The van der Waals surface area contributed by atoms with Crippen molar-refractivity contribution in [2.24, 2.45) is 0 Å². The summed E-state index contributed by atoms with van der Waals surface area (Å²) in [6.45, 7) is 1.33. The van der Waals surface area contributed by atoms with Gasteiger partial charge >= 0.3 is 0 Å². The number of halogens is 1. The Morgan fingerprint density at radius 3 is 2.64 bits per heavy atom. The van der Waals surface area contributed by atoms with Crippen molar-refractivity contribution in [1.29, 1.82) is 5.26 Å². The molecule has 0 aliphatic heterocycles. The molecule has 4 heteroatoms. The van der Waals surface area contributed by atoms with Crippen molar-refractivity contribution in [3.63, 3.8) is 0 Å². The van der Waals surface area contributed by atoms with Gasteiger partial charge in [-0.15, -0.1) is 0 Å². The van der Waals surface area contributed by atoms with E-state index >= 15 is 0 Å². The van der Waals surface area contributed by atoms with Gasteiger partial charge in [0.25, 0.3) is 0 Å². The lowest BCUT2D eigenvalue weighted by Gasteiger charge is -2.03. The molecule has 0 saturated carbocycles. The summed E-state index contributed by atoms with van der Waals surface area (Å²) in [4.78, 5) is 21.7. The number of carbonyl (C=O) groups excluding carboxylic acids is 2. The fraction of sp³-hybridized carbons (Fsp3) is 0.100. The van der Waals surface area contributed by atoms with Crippen LogP contribution in [0, 0.1) is 11.3 Å². The molecule has 14 heavy (non-hydrogen) atoms. The van der Waals surface area contributed by atoms with Gasteiger partial charge in [0.05, 0.1) is 16.1 Å². The van der Waals surface area contributed by atoms with Gasteiger partial charge < -0.3 is 0 Å². The van der Waals surface area contributed by atoms with Crippen LogP contribution in [0.25, 0.3) is 0 Å². The summed E-state index contributed by atoms with van der Waals surface area (Å²) in [6, 6.07) is 4.67. The Morgan fingerprint density at radius 1 is 1.57 bits per heavy atom. The molecule has 0 heterocycles. The van der Waals surface area contributed by atoms with E-state index in [0.717, 1.165) is 0 Å². The molecule has 0 saturated heterocycles. The van der Waals surface area contributed by atoms with Gasteiger partial charge in [-0.3, -0.25) is 9.59 Å². The summed E-state index contributed by atoms with van der Waals surface area (Å²) < 4.78 is 0. The first-order valence-corrected chi connectivity index (χ1v) is 4.18. The van der Waals surface area contributed by atoms with Crippen LogP contribution in [0.1, 0.15) is 33.2 Å². The number of Topliss-reactive ketones (excluding diaryl/α,β-unsaturated/α-hetero) is 1. The number of rotatable bonds is 2. The number of ketones is 1. The summed E-state index contributed by atoms with van der Waals surface area (Å²) in [5, 5.41) is 8.97. The summed E-state index contributed by atoms with van der Waals surface area (Å²) >= 11 is 5.69. The molecule has 1 rings (SSSR count). The number of aldehydes is 1. The second-order valence-electron chi connectivity index (χ2n) is 2.67. The van der Waals surface area contributed by atoms with Gasteiger partial charge in [-0.25, -0.2) is 0 Å². The molecule has 3 nitrogen and oxygen atoms in total. The second kappa shape index (κ2) is 4.03. The number of nitriles is 1. The van der Waals surface area contributed by atoms with Crippen LogP contribution in [0.15, 0.2) is 12.1 Å². The van der Waals surface area contributed by atoms with Crippen molar-refractivity contribution >= 4 is 23.7 Å². The number of nitrogens with zero attached hydrogens (tertiary/aromatic N) is 1. The maximum Gasteiger partial charge on any atom is 0.161 e. The van der Waals surface area contributed by atoms with Crippen molar-refractivity contribution in [3.8, 4) is 6.07 Å². The van der Waals surface area contributed by atoms with Crippen molar-refractivity contribution < 1.29 is 9.59 Å². The Kier molecular flexibility index (Phi) is 3.00. The smallest absolute Gasteiger partial charge is 0.161 e. The van der Waals surface area contributed by atoms with Gasteiger partial charge in [0.2, 0.25) is 0 Å². The number of hydrogen-bond donors (Lipinski definition) is 0. The molecule has 0 aliphatic carbocycles. The molecule has 0 fully saturated rings.